The van der Waals surface area contributed by atoms with Gasteiger partial charge in [0.15, 0.2) is 0 Å². The molecule has 1 radical (unpaired) electrons. The fourth-order valence-corrected chi connectivity index (χ4v) is 1.07. The van der Waals surface area contributed by atoms with Crippen LogP contribution >= 0.6 is 0 Å². The first-order valence-electron chi connectivity index (χ1n) is 6.26. The summed E-state index contributed by atoms with van der Waals surface area (Å²) >= 11 is 0. The molecule has 0 N–H and O–H groups in total. The van der Waals surface area contributed by atoms with E-state index in [0.29, 0.717) is 5.41 Å². The number of fused-ring (bicyclic) bond motifs is 1. The van der Waals surface area contributed by atoms with E-state index in [-0.39, 0.29) is 32.7 Å². The van der Waals surface area contributed by atoms with Crippen LogP contribution in [0, 0.1) is 17.4 Å². The maximum absolute atomic E-state index is 3.04. The second kappa shape index (κ2) is 8.07. The molecule has 0 fully saturated rings. The molecule has 0 unspecified atom stereocenters. The Hall–Kier alpha value is -0.196. The summed E-state index contributed by atoms with van der Waals surface area (Å²) in [6.45, 7) is 11.3. The smallest absolute Gasteiger partial charge is 0 e. The minimum absolute atomic E-state index is 0. The summed E-state index contributed by atoms with van der Waals surface area (Å²) in [4.78, 5) is 0. The van der Waals surface area contributed by atoms with E-state index in [1.807, 2.05) is 24.3 Å². The Morgan fingerprint density at radius 2 is 1.44 bits per heavy atom. The van der Waals surface area contributed by atoms with Crippen LogP contribution in [0.5, 0.6) is 0 Å². The molecule has 0 saturated carbocycles. The van der Waals surface area contributed by atoms with Gasteiger partial charge in [0.2, 0.25) is 0 Å². The predicted octanol–water partition coefficient (Wildman–Crippen LogP) is 5.33. The molecule has 2 aromatic rings. The fourth-order valence-electron chi connectivity index (χ4n) is 1.07. The van der Waals surface area contributed by atoms with Crippen LogP contribution in [-0.4, -0.2) is 0 Å². The molecule has 0 saturated heterocycles. The van der Waals surface area contributed by atoms with Crippen molar-refractivity contribution in [2.75, 3.05) is 0 Å². The summed E-state index contributed by atoms with van der Waals surface area (Å²) in [5.74, 6) is 0.799. The van der Waals surface area contributed by atoms with Crippen molar-refractivity contribution in [1.82, 2.24) is 0 Å². The van der Waals surface area contributed by atoms with Crippen LogP contribution < -0.4 is 0 Å². The molecule has 0 heterocycles. The molecule has 2 rings (SSSR count). The Morgan fingerprint density at radius 1 is 0.944 bits per heavy atom. The van der Waals surface area contributed by atoms with Gasteiger partial charge in [0.1, 0.15) is 0 Å². The van der Waals surface area contributed by atoms with Crippen molar-refractivity contribution < 1.29 is 32.7 Å². The molecule has 0 nitrogen and oxygen atoms in total. The molecule has 0 aliphatic carbocycles. The molecular weight excluding hydrogens is 293 g/mol. The number of rotatable bonds is 0. The van der Waals surface area contributed by atoms with Gasteiger partial charge in [-0.15, -0.1) is 16.8 Å². The first-order chi connectivity index (χ1) is 7.91. The van der Waals surface area contributed by atoms with Crippen molar-refractivity contribution in [2.24, 2.45) is 11.3 Å². The van der Waals surface area contributed by atoms with E-state index in [2.05, 4.69) is 58.9 Å². The van der Waals surface area contributed by atoms with E-state index in [9.17, 15) is 0 Å². The fraction of sp³-hybridized carbons (Fsp3) is 0.412. The van der Waals surface area contributed by atoms with Crippen molar-refractivity contribution in [3.63, 3.8) is 0 Å². The molecule has 18 heavy (non-hydrogen) atoms. The summed E-state index contributed by atoms with van der Waals surface area (Å²) in [6.07, 6.45) is 0. The monoisotopic (exact) mass is 316 g/mol. The summed E-state index contributed by atoms with van der Waals surface area (Å²) in [5.41, 5.74) is 0.500. The zero-order chi connectivity index (χ0) is 12.9. The molecule has 95 valence electrons. The van der Waals surface area contributed by atoms with Gasteiger partial charge in [0.05, 0.1) is 0 Å². The molecule has 0 aliphatic rings. The van der Waals surface area contributed by atoms with Crippen molar-refractivity contribution >= 4 is 10.8 Å². The van der Waals surface area contributed by atoms with Gasteiger partial charge in [0, 0.05) is 32.7 Å². The van der Waals surface area contributed by atoms with Gasteiger partial charge in [-0.1, -0.05) is 52.8 Å². The van der Waals surface area contributed by atoms with Crippen LogP contribution in [0.3, 0.4) is 0 Å². The first kappa shape index (κ1) is 17.8. The van der Waals surface area contributed by atoms with Gasteiger partial charge >= 0.3 is 0 Å². The van der Waals surface area contributed by atoms with Gasteiger partial charge in [-0.3, -0.25) is 0 Å². The van der Waals surface area contributed by atoms with Gasteiger partial charge in [-0.2, -0.15) is 24.3 Å². The molecule has 0 amide bonds. The Kier molecular flexibility index (Phi) is 7.98. The summed E-state index contributed by atoms with van der Waals surface area (Å²) < 4.78 is 0. The quantitative estimate of drug-likeness (QED) is 0.577. The third-order valence-electron chi connectivity index (χ3n) is 3.33. The van der Waals surface area contributed by atoms with Gasteiger partial charge in [-0.05, 0) is 11.3 Å². The molecule has 0 aromatic heterocycles. The normalized spacial score (nSPS) is 10.6. The van der Waals surface area contributed by atoms with E-state index in [4.69, 9.17) is 0 Å². The van der Waals surface area contributed by atoms with E-state index in [1.54, 1.807) is 0 Å². The molecule has 0 atom stereocenters. The molecule has 0 spiro atoms. The Morgan fingerprint density at radius 3 is 1.89 bits per heavy atom. The van der Waals surface area contributed by atoms with Crippen LogP contribution in [0.2, 0.25) is 0 Å². The standard InChI is InChI=1S/C10H7.C7H16.Y/c1-2-6-10-8-4-3-7-9(10)5-1;1-6(2)7(3,4)5;/h1-3,5-8H;6H,1-5H3;/q-1;;. The van der Waals surface area contributed by atoms with Crippen LogP contribution in [0.4, 0.5) is 0 Å². The Bertz CT molecular complexity index is 387. The number of benzene rings is 2. The van der Waals surface area contributed by atoms with Gasteiger partial charge in [0.25, 0.3) is 0 Å². The average molecular weight is 316 g/mol. The van der Waals surface area contributed by atoms with E-state index in [1.165, 1.54) is 10.8 Å². The first-order valence-corrected chi connectivity index (χ1v) is 6.26. The van der Waals surface area contributed by atoms with Crippen molar-refractivity contribution in [2.45, 2.75) is 34.6 Å². The molecule has 0 bridgehead atoms. The van der Waals surface area contributed by atoms with Gasteiger partial charge < -0.3 is 0 Å². The average Bonchev–Trinajstić information content (AvgIpc) is 2.29. The summed E-state index contributed by atoms with van der Waals surface area (Å²) in [5, 5.41) is 2.53. The van der Waals surface area contributed by atoms with E-state index < -0.39 is 0 Å². The van der Waals surface area contributed by atoms with Crippen LogP contribution in [0.15, 0.2) is 42.5 Å². The molecule has 0 aliphatic heterocycles. The topological polar surface area (TPSA) is 0 Å². The molecule has 2 aromatic carbocycles. The third kappa shape index (κ3) is 6.11. The summed E-state index contributed by atoms with van der Waals surface area (Å²) in [6, 6.07) is 17.3. The third-order valence-corrected chi connectivity index (χ3v) is 3.33. The zero-order valence-corrected chi connectivity index (χ0v) is 15.0. The van der Waals surface area contributed by atoms with Crippen molar-refractivity contribution in [3.05, 3.63) is 48.5 Å². The zero-order valence-electron chi connectivity index (χ0n) is 12.2. The minimum Gasteiger partial charge on any atom is -0.183 e. The SMILES string of the molecule is CC(C)C(C)(C)C.[Y].[c-]1ccc2ccccc2c1. The second-order valence-corrected chi connectivity index (χ2v) is 5.79. The Labute approximate surface area is 137 Å². The predicted molar refractivity (Wildman–Crippen MR) is 77.1 cm³/mol. The second-order valence-electron chi connectivity index (χ2n) is 5.79. The molecule has 1 heteroatoms. The van der Waals surface area contributed by atoms with Crippen LogP contribution in [-0.2, 0) is 32.7 Å². The van der Waals surface area contributed by atoms with E-state index in [0.717, 1.165) is 5.92 Å². The largest absolute Gasteiger partial charge is 0.183 e. The maximum Gasteiger partial charge on any atom is 0 e. The Balaban J connectivity index is 0.000000326. The van der Waals surface area contributed by atoms with Gasteiger partial charge in [-0.25, -0.2) is 0 Å². The van der Waals surface area contributed by atoms with E-state index >= 15 is 0 Å². The minimum atomic E-state index is 0. The van der Waals surface area contributed by atoms with Crippen molar-refractivity contribution in [1.29, 1.82) is 0 Å². The number of hydrogen-bond donors (Lipinski definition) is 0. The van der Waals surface area contributed by atoms with Crippen molar-refractivity contribution in [3.8, 4) is 0 Å². The van der Waals surface area contributed by atoms with Crippen LogP contribution in [0.1, 0.15) is 34.6 Å². The van der Waals surface area contributed by atoms with Crippen LogP contribution in [0.25, 0.3) is 10.8 Å². The molecular formula is C17H23Y-. The number of hydrogen-bond acceptors (Lipinski definition) is 0. The summed E-state index contributed by atoms with van der Waals surface area (Å²) in [7, 11) is 0. The maximum atomic E-state index is 3.04.